The predicted octanol–water partition coefficient (Wildman–Crippen LogP) is 2.27. The van der Waals surface area contributed by atoms with Gasteiger partial charge in [0.2, 0.25) is 0 Å². The van der Waals surface area contributed by atoms with Crippen molar-refractivity contribution in [2.75, 3.05) is 6.54 Å². The van der Waals surface area contributed by atoms with Gasteiger partial charge in [-0.1, -0.05) is 30.3 Å². The molecule has 0 radical (unpaired) electrons. The molecule has 1 aromatic carbocycles. The topological polar surface area (TPSA) is 55.8 Å². The van der Waals surface area contributed by atoms with Crippen LogP contribution in [0.1, 0.15) is 18.4 Å². The molecule has 3 rings (SSSR count). The monoisotopic (exact) mass is 287 g/mol. The summed E-state index contributed by atoms with van der Waals surface area (Å²) in [5.74, 6) is -0.343. The van der Waals surface area contributed by atoms with Gasteiger partial charge in [-0.2, -0.15) is 0 Å². The third-order valence-electron chi connectivity index (χ3n) is 3.79. The average Bonchev–Trinajstić information content (AvgIpc) is 3.14. The van der Waals surface area contributed by atoms with E-state index >= 15 is 0 Å². The van der Waals surface area contributed by atoms with Crippen molar-refractivity contribution in [1.29, 1.82) is 0 Å². The van der Waals surface area contributed by atoms with Crippen LogP contribution in [0.5, 0.6) is 0 Å². The quantitative estimate of drug-likeness (QED) is 0.800. The molecule has 110 valence electrons. The number of ether oxygens (including phenoxy) is 2. The van der Waals surface area contributed by atoms with E-state index in [4.69, 9.17) is 9.47 Å². The summed E-state index contributed by atoms with van der Waals surface area (Å²) in [6, 6.07) is 9.44. The van der Waals surface area contributed by atoms with Gasteiger partial charge in [0.25, 0.3) is 0 Å². The van der Waals surface area contributed by atoms with E-state index in [1.165, 1.54) is 6.08 Å². The van der Waals surface area contributed by atoms with Gasteiger partial charge in [0, 0.05) is 12.6 Å². The van der Waals surface area contributed by atoms with Crippen LogP contribution in [0.15, 0.2) is 42.5 Å². The van der Waals surface area contributed by atoms with Gasteiger partial charge in [-0.05, 0) is 24.5 Å². The predicted molar refractivity (Wildman–Crippen MR) is 75.4 cm³/mol. The molecule has 0 saturated carbocycles. The second-order valence-corrected chi connectivity index (χ2v) is 5.20. The molecular formula is C16H17NO4. The van der Waals surface area contributed by atoms with Crippen LogP contribution in [-0.4, -0.2) is 35.7 Å². The van der Waals surface area contributed by atoms with Crippen LogP contribution in [-0.2, 0) is 20.9 Å². The molecule has 0 aromatic heterocycles. The Kier molecular flexibility index (Phi) is 3.90. The van der Waals surface area contributed by atoms with Crippen LogP contribution in [0, 0.1) is 0 Å². The van der Waals surface area contributed by atoms with Gasteiger partial charge in [0.05, 0.1) is 6.04 Å². The second kappa shape index (κ2) is 5.99. The molecule has 2 atom stereocenters. The first-order valence-corrected chi connectivity index (χ1v) is 7.10. The van der Waals surface area contributed by atoms with E-state index in [0.29, 0.717) is 6.54 Å². The number of cyclic esters (lactones) is 1. The molecule has 1 fully saturated rings. The van der Waals surface area contributed by atoms with Crippen molar-refractivity contribution in [2.24, 2.45) is 0 Å². The van der Waals surface area contributed by atoms with Crippen molar-refractivity contribution in [3.63, 3.8) is 0 Å². The van der Waals surface area contributed by atoms with Gasteiger partial charge in [0.15, 0.2) is 0 Å². The molecule has 2 heterocycles. The van der Waals surface area contributed by atoms with E-state index in [9.17, 15) is 9.59 Å². The number of likely N-dealkylation sites (tertiary alicyclic amines) is 1. The highest BCUT2D eigenvalue weighted by atomic mass is 16.6. The SMILES string of the molecule is O=C1C=C[C@@H]([C@H]2CCCN2C(=O)OCc2ccccc2)O1. The number of hydrogen-bond donors (Lipinski definition) is 0. The standard InChI is InChI=1S/C16H17NO4/c18-15-9-8-14(21-15)13-7-4-10-17(13)16(19)20-11-12-5-2-1-3-6-12/h1-3,5-6,8-9,13-14H,4,7,10-11H2/t13-,14+/m1/s1. The van der Waals surface area contributed by atoms with Crippen molar-refractivity contribution in [3.8, 4) is 0 Å². The average molecular weight is 287 g/mol. The molecule has 1 amide bonds. The maximum atomic E-state index is 12.2. The zero-order valence-corrected chi connectivity index (χ0v) is 11.6. The molecule has 0 unspecified atom stereocenters. The van der Waals surface area contributed by atoms with Gasteiger partial charge < -0.3 is 14.4 Å². The minimum atomic E-state index is -0.349. The lowest BCUT2D eigenvalue weighted by molar-refractivity contribution is -0.140. The number of benzene rings is 1. The number of rotatable bonds is 3. The van der Waals surface area contributed by atoms with E-state index in [1.807, 2.05) is 30.3 Å². The van der Waals surface area contributed by atoms with Crippen LogP contribution in [0.2, 0.25) is 0 Å². The van der Waals surface area contributed by atoms with Crippen molar-refractivity contribution >= 4 is 12.1 Å². The number of carbonyl (C=O) groups is 2. The van der Waals surface area contributed by atoms with Gasteiger partial charge in [-0.25, -0.2) is 9.59 Å². The molecule has 21 heavy (non-hydrogen) atoms. The number of hydrogen-bond acceptors (Lipinski definition) is 4. The lowest BCUT2D eigenvalue weighted by Crippen LogP contribution is -2.42. The van der Waals surface area contributed by atoms with E-state index in [1.54, 1.807) is 11.0 Å². The highest BCUT2D eigenvalue weighted by Crippen LogP contribution is 2.26. The molecule has 0 N–H and O–H groups in total. The molecular weight excluding hydrogens is 270 g/mol. The fourth-order valence-electron chi connectivity index (χ4n) is 2.76. The molecule has 1 saturated heterocycles. The summed E-state index contributed by atoms with van der Waals surface area (Å²) in [4.78, 5) is 25.0. The first-order chi connectivity index (χ1) is 10.2. The van der Waals surface area contributed by atoms with Crippen LogP contribution in [0.4, 0.5) is 4.79 Å². The van der Waals surface area contributed by atoms with Gasteiger partial charge in [-0.3, -0.25) is 0 Å². The maximum absolute atomic E-state index is 12.2. The first kappa shape index (κ1) is 13.7. The van der Waals surface area contributed by atoms with Crippen LogP contribution >= 0.6 is 0 Å². The normalized spacial score (nSPS) is 24.2. The summed E-state index contributed by atoms with van der Waals surface area (Å²) in [6.07, 6.45) is 4.16. The summed E-state index contributed by atoms with van der Waals surface area (Å²) in [6.45, 7) is 0.892. The Morgan fingerprint density at radius 2 is 2.14 bits per heavy atom. The van der Waals surface area contributed by atoms with Gasteiger partial charge in [-0.15, -0.1) is 0 Å². The number of esters is 1. The summed E-state index contributed by atoms with van der Waals surface area (Å²) in [7, 11) is 0. The fraction of sp³-hybridized carbons (Fsp3) is 0.375. The Balaban J connectivity index is 1.58. The summed E-state index contributed by atoms with van der Waals surface area (Å²) in [5, 5.41) is 0. The lowest BCUT2D eigenvalue weighted by Gasteiger charge is -2.27. The van der Waals surface area contributed by atoms with E-state index in [0.717, 1.165) is 18.4 Å². The Bertz CT molecular complexity index is 555. The fourth-order valence-corrected chi connectivity index (χ4v) is 2.76. The maximum Gasteiger partial charge on any atom is 0.410 e. The molecule has 0 aliphatic carbocycles. The van der Waals surface area contributed by atoms with E-state index in [2.05, 4.69) is 0 Å². The molecule has 1 aromatic rings. The minimum absolute atomic E-state index is 0.115. The van der Waals surface area contributed by atoms with Crippen molar-refractivity contribution in [2.45, 2.75) is 31.6 Å². The molecule has 0 bridgehead atoms. The van der Waals surface area contributed by atoms with Crippen LogP contribution < -0.4 is 0 Å². The lowest BCUT2D eigenvalue weighted by atomic mass is 10.1. The first-order valence-electron chi connectivity index (χ1n) is 7.10. The zero-order valence-electron chi connectivity index (χ0n) is 11.6. The van der Waals surface area contributed by atoms with Crippen molar-refractivity contribution in [3.05, 3.63) is 48.0 Å². The molecule has 5 nitrogen and oxygen atoms in total. The molecule has 2 aliphatic rings. The summed E-state index contributed by atoms with van der Waals surface area (Å²) < 4.78 is 10.5. The Labute approximate surface area is 123 Å². The van der Waals surface area contributed by atoms with Gasteiger partial charge >= 0.3 is 12.1 Å². The molecule has 5 heteroatoms. The largest absolute Gasteiger partial charge is 0.453 e. The van der Waals surface area contributed by atoms with Gasteiger partial charge in [0.1, 0.15) is 12.7 Å². The summed E-state index contributed by atoms with van der Waals surface area (Å²) >= 11 is 0. The highest BCUT2D eigenvalue weighted by molar-refractivity contribution is 5.84. The Morgan fingerprint density at radius 3 is 2.86 bits per heavy atom. The Morgan fingerprint density at radius 1 is 1.33 bits per heavy atom. The van der Waals surface area contributed by atoms with E-state index < -0.39 is 0 Å². The molecule has 0 spiro atoms. The third kappa shape index (κ3) is 3.07. The third-order valence-corrected chi connectivity index (χ3v) is 3.79. The number of nitrogens with zero attached hydrogens (tertiary/aromatic N) is 1. The smallest absolute Gasteiger partial charge is 0.410 e. The molecule has 2 aliphatic heterocycles. The zero-order chi connectivity index (χ0) is 14.7. The Hall–Kier alpha value is -2.30. The number of amides is 1. The van der Waals surface area contributed by atoms with Crippen molar-refractivity contribution in [1.82, 2.24) is 4.90 Å². The van der Waals surface area contributed by atoms with Crippen LogP contribution in [0.25, 0.3) is 0 Å². The second-order valence-electron chi connectivity index (χ2n) is 5.20. The highest BCUT2D eigenvalue weighted by Gasteiger charge is 2.38. The van der Waals surface area contributed by atoms with Crippen molar-refractivity contribution < 1.29 is 19.1 Å². The van der Waals surface area contributed by atoms with E-state index in [-0.39, 0.29) is 30.8 Å². The minimum Gasteiger partial charge on any atom is -0.453 e. The number of carbonyl (C=O) groups excluding carboxylic acids is 2. The summed E-state index contributed by atoms with van der Waals surface area (Å²) in [5.41, 5.74) is 0.953. The van der Waals surface area contributed by atoms with Crippen LogP contribution in [0.3, 0.4) is 0 Å².